The molecule has 4 atom stereocenters. The second kappa shape index (κ2) is 5.55. The van der Waals surface area contributed by atoms with Crippen molar-refractivity contribution >= 4 is 11.4 Å². The van der Waals surface area contributed by atoms with E-state index in [2.05, 4.69) is 24.3 Å². The summed E-state index contributed by atoms with van der Waals surface area (Å²) in [6.45, 7) is 4.06. The van der Waals surface area contributed by atoms with Crippen LogP contribution in [0.5, 0.6) is 0 Å². The maximum absolute atomic E-state index is 13.1. The number of carbonyl (C=O) groups excluding carboxylic acids is 1. The Morgan fingerprint density at radius 2 is 1.54 bits per heavy atom. The predicted molar refractivity (Wildman–Crippen MR) is 101 cm³/mol. The first-order valence-electron chi connectivity index (χ1n) is 9.36. The molecule has 0 radical (unpaired) electrons. The summed E-state index contributed by atoms with van der Waals surface area (Å²) in [5.74, 6) is 0.00409. The van der Waals surface area contributed by atoms with Gasteiger partial charge >= 0.3 is 0 Å². The third-order valence-corrected chi connectivity index (χ3v) is 6.28. The molecule has 2 aromatic carbocycles. The van der Waals surface area contributed by atoms with E-state index in [1.165, 1.54) is 0 Å². The Labute approximate surface area is 153 Å². The van der Waals surface area contributed by atoms with Gasteiger partial charge < -0.3 is 9.84 Å². The molecule has 2 bridgehead atoms. The molecule has 2 fully saturated rings. The first-order valence-corrected chi connectivity index (χ1v) is 9.36. The van der Waals surface area contributed by atoms with Gasteiger partial charge in [-0.1, -0.05) is 42.5 Å². The van der Waals surface area contributed by atoms with Gasteiger partial charge in [0, 0.05) is 0 Å². The molecule has 3 nitrogen and oxygen atoms in total. The average molecular weight is 346 g/mol. The fraction of sp³-hybridized carbons (Fsp3) is 0.348. The smallest absolute Gasteiger partial charge is 0.173 e. The third-order valence-electron chi connectivity index (χ3n) is 6.28. The molecular formula is C23H22O3. The number of allylic oxidation sites excluding steroid dienone is 1. The van der Waals surface area contributed by atoms with Crippen molar-refractivity contribution in [3.8, 4) is 11.1 Å². The number of ketones is 1. The fourth-order valence-electron chi connectivity index (χ4n) is 5.22. The lowest BCUT2D eigenvalue weighted by Crippen LogP contribution is -2.29. The quantitative estimate of drug-likeness (QED) is 0.863. The highest BCUT2D eigenvalue weighted by molar-refractivity contribution is 6.26. The van der Waals surface area contributed by atoms with E-state index in [-0.39, 0.29) is 35.6 Å². The zero-order chi connectivity index (χ0) is 18.0. The Morgan fingerprint density at radius 1 is 0.923 bits per heavy atom. The minimum absolute atomic E-state index is 0.00987. The highest BCUT2D eigenvalue weighted by Gasteiger charge is 2.59. The highest BCUT2D eigenvalue weighted by atomic mass is 16.5. The molecular weight excluding hydrogens is 324 g/mol. The van der Waals surface area contributed by atoms with Crippen molar-refractivity contribution in [1.82, 2.24) is 0 Å². The summed E-state index contributed by atoms with van der Waals surface area (Å²) in [6, 6.07) is 14.5. The molecule has 5 rings (SSSR count). The van der Waals surface area contributed by atoms with Gasteiger partial charge in [0.15, 0.2) is 5.78 Å². The van der Waals surface area contributed by atoms with E-state index in [0.717, 1.165) is 40.7 Å². The highest BCUT2D eigenvalue weighted by Crippen LogP contribution is 2.54. The van der Waals surface area contributed by atoms with Gasteiger partial charge in [0.1, 0.15) is 5.76 Å². The number of aryl methyl sites for hydroxylation is 2. The van der Waals surface area contributed by atoms with Gasteiger partial charge in [0.25, 0.3) is 0 Å². The first kappa shape index (κ1) is 15.8. The number of ether oxygens (including phenoxy) is 1. The SMILES string of the molecule is Cc1cc(-c2ccccc2)cc(C)c1C1=C(O)[C@@H]2C3CCC(O3)[C@@H]2C1=O. The first-order chi connectivity index (χ1) is 12.6. The largest absolute Gasteiger partial charge is 0.511 e. The van der Waals surface area contributed by atoms with E-state index < -0.39 is 0 Å². The summed E-state index contributed by atoms with van der Waals surface area (Å²) in [4.78, 5) is 13.1. The maximum atomic E-state index is 13.1. The third kappa shape index (κ3) is 2.07. The normalized spacial score (nSPS) is 29.5. The summed E-state index contributed by atoms with van der Waals surface area (Å²) >= 11 is 0. The zero-order valence-corrected chi connectivity index (χ0v) is 15.0. The van der Waals surface area contributed by atoms with Crippen LogP contribution in [0.3, 0.4) is 0 Å². The standard InChI is InChI=1S/C23H22O3/c1-12-10-15(14-6-4-3-5-7-14)11-13(2)18(12)21-22(24)19-16-8-9-17(26-16)20(19)23(21)25/h3-7,10-11,16-17,19-20,24H,8-9H2,1-2H3/t16?,17?,19-,20+/m1/s1. The van der Waals surface area contributed by atoms with Gasteiger partial charge in [-0.2, -0.15) is 0 Å². The second-order valence-corrected chi connectivity index (χ2v) is 7.82. The topological polar surface area (TPSA) is 46.5 Å². The average Bonchev–Trinajstić information content (AvgIpc) is 3.31. The molecule has 0 saturated carbocycles. The fourth-order valence-corrected chi connectivity index (χ4v) is 5.22. The van der Waals surface area contributed by atoms with Crippen molar-refractivity contribution in [3.05, 3.63) is 64.9 Å². The van der Waals surface area contributed by atoms with Gasteiger partial charge in [-0.15, -0.1) is 0 Å². The number of aliphatic hydroxyl groups excluding tert-OH is 1. The number of carbonyl (C=O) groups is 1. The van der Waals surface area contributed by atoms with E-state index in [4.69, 9.17) is 4.74 Å². The molecule has 0 amide bonds. The van der Waals surface area contributed by atoms with Crippen LogP contribution in [0, 0.1) is 25.7 Å². The Balaban J connectivity index is 1.62. The molecule has 2 heterocycles. The molecule has 1 N–H and O–H groups in total. The van der Waals surface area contributed by atoms with Crippen molar-refractivity contribution in [3.63, 3.8) is 0 Å². The maximum Gasteiger partial charge on any atom is 0.173 e. The van der Waals surface area contributed by atoms with Gasteiger partial charge in [0.2, 0.25) is 0 Å². The monoisotopic (exact) mass is 346 g/mol. The molecule has 132 valence electrons. The second-order valence-electron chi connectivity index (χ2n) is 7.82. The minimum atomic E-state index is -0.184. The van der Waals surface area contributed by atoms with E-state index >= 15 is 0 Å². The lowest BCUT2D eigenvalue weighted by atomic mass is 9.80. The number of hydrogen-bond acceptors (Lipinski definition) is 3. The summed E-state index contributed by atoms with van der Waals surface area (Å²) in [6.07, 6.45) is 1.88. The van der Waals surface area contributed by atoms with Crippen molar-refractivity contribution < 1.29 is 14.6 Å². The van der Waals surface area contributed by atoms with Gasteiger partial charge in [-0.25, -0.2) is 0 Å². The number of Topliss-reactive ketones (excluding diaryl/α,β-unsaturated/α-hetero) is 1. The number of aliphatic hydroxyl groups is 1. The number of hydrogen-bond donors (Lipinski definition) is 1. The molecule has 2 saturated heterocycles. The van der Waals surface area contributed by atoms with Crippen LogP contribution < -0.4 is 0 Å². The molecule has 1 aliphatic carbocycles. The van der Waals surface area contributed by atoms with Crippen LogP contribution >= 0.6 is 0 Å². The van der Waals surface area contributed by atoms with Crippen molar-refractivity contribution in [2.24, 2.45) is 11.8 Å². The lowest BCUT2D eigenvalue weighted by molar-refractivity contribution is -0.118. The van der Waals surface area contributed by atoms with E-state index in [1.807, 2.05) is 32.0 Å². The van der Waals surface area contributed by atoms with Crippen molar-refractivity contribution in [1.29, 1.82) is 0 Å². The van der Waals surface area contributed by atoms with Crippen molar-refractivity contribution in [2.45, 2.75) is 38.9 Å². The van der Waals surface area contributed by atoms with Crippen molar-refractivity contribution in [2.75, 3.05) is 0 Å². The molecule has 2 aliphatic heterocycles. The summed E-state index contributed by atoms with van der Waals surface area (Å²) in [5.41, 5.74) is 5.80. The van der Waals surface area contributed by atoms with Gasteiger partial charge in [-0.3, -0.25) is 4.79 Å². The zero-order valence-electron chi connectivity index (χ0n) is 15.0. The van der Waals surface area contributed by atoms with Gasteiger partial charge in [-0.05, 0) is 54.5 Å². The van der Waals surface area contributed by atoms with E-state index in [1.54, 1.807) is 0 Å². The lowest BCUT2D eigenvalue weighted by Gasteiger charge is -2.19. The van der Waals surface area contributed by atoms with Crippen LogP contribution in [0.4, 0.5) is 0 Å². The van der Waals surface area contributed by atoms with E-state index in [9.17, 15) is 9.90 Å². The molecule has 3 aliphatic rings. The van der Waals surface area contributed by atoms with Crippen LogP contribution in [0.25, 0.3) is 16.7 Å². The van der Waals surface area contributed by atoms with Crippen LogP contribution in [0.2, 0.25) is 0 Å². The summed E-state index contributed by atoms with van der Waals surface area (Å²) in [5, 5.41) is 10.9. The number of rotatable bonds is 2. The Bertz CT molecular complexity index is 918. The number of benzene rings is 2. The van der Waals surface area contributed by atoms with Gasteiger partial charge in [0.05, 0.1) is 29.6 Å². The minimum Gasteiger partial charge on any atom is -0.511 e. The van der Waals surface area contributed by atoms with Crippen LogP contribution in [-0.4, -0.2) is 23.1 Å². The summed E-state index contributed by atoms with van der Waals surface area (Å²) in [7, 11) is 0. The molecule has 26 heavy (non-hydrogen) atoms. The Hall–Kier alpha value is -2.39. The Morgan fingerprint density at radius 3 is 2.15 bits per heavy atom. The number of fused-ring (bicyclic) bond motifs is 5. The van der Waals surface area contributed by atoms with Crippen LogP contribution in [0.15, 0.2) is 48.2 Å². The van der Waals surface area contributed by atoms with E-state index in [0.29, 0.717) is 5.57 Å². The molecule has 3 heteroatoms. The molecule has 0 aromatic heterocycles. The molecule has 0 spiro atoms. The summed E-state index contributed by atoms with van der Waals surface area (Å²) < 4.78 is 5.89. The van der Waals surface area contributed by atoms with Crippen LogP contribution in [-0.2, 0) is 9.53 Å². The Kier molecular flexibility index (Phi) is 3.38. The van der Waals surface area contributed by atoms with Crippen LogP contribution in [0.1, 0.15) is 29.5 Å². The molecule has 2 aromatic rings. The predicted octanol–water partition coefficient (Wildman–Crippen LogP) is 4.62. The molecule has 2 unspecified atom stereocenters.